The van der Waals surface area contributed by atoms with Crippen molar-refractivity contribution in [1.82, 2.24) is 0 Å². The second-order valence-electron chi connectivity index (χ2n) is 21.4. The predicted octanol–water partition coefficient (Wildman–Crippen LogP) is 18.4. The van der Waals surface area contributed by atoms with Gasteiger partial charge < -0.3 is 10.2 Å². The van der Waals surface area contributed by atoms with Gasteiger partial charge in [0.2, 0.25) is 0 Å². The first kappa shape index (κ1) is 49.7. The predicted molar refractivity (Wildman–Crippen MR) is 259 cm³/mol. The summed E-state index contributed by atoms with van der Waals surface area (Å²) in [5.74, 6) is 0.967. The van der Waals surface area contributed by atoms with Gasteiger partial charge in [0.15, 0.2) is 0 Å². The van der Waals surface area contributed by atoms with E-state index in [0.717, 1.165) is 49.7 Å². The van der Waals surface area contributed by atoms with Crippen LogP contribution in [0.5, 0.6) is 11.5 Å². The van der Waals surface area contributed by atoms with E-state index in [1.165, 1.54) is 215 Å². The third-order valence-corrected chi connectivity index (χ3v) is 15.0. The summed E-state index contributed by atoms with van der Waals surface area (Å²) in [5.41, 5.74) is 7.61. The van der Waals surface area contributed by atoms with Crippen molar-refractivity contribution < 1.29 is 10.2 Å². The van der Waals surface area contributed by atoms with Crippen molar-refractivity contribution in [2.75, 3.05) is 0 Å². The standard InChI is InChI=1S/C57H96O2/c1-7-9-11-13-15-17-19-21-23-25-27-29-31-33-35-37-39-47-41-49-51(43-53(47)58)57(45-55(49,3)4)46-56(5,6)50-42-48(54(59)44-52(50)57)40-38-36-34-32-30-28-26-24-22-20-18-16-14-12-10-8-2/h41-44,58-59H,7-40,45-46H2,1-6H3. The molecule has 2 heteroatoms. The van der Waals surface area contributed by atoms with Gasteiger partial charge in [0.25, 0.3) is 0 Å². The van der Waals surface area contributed by atoms with Gasteiger partial charge in [-0.25, -0.2) is 0 Å². The average molecular weight is 813 g/mol. The molecule has 0 aromatic heterocycles. The van der Waals surface area contributed by atoms with Crippen LogP contribution in [0.15, 0.2) is 24.3 Å². The van der Waals surface area contributed by atoms with Crippen LogP contribution in [-0.4, -0.2) is 10.2 Å². The first-order valence-corrected chi connectivity index (χ1v) is 26.3. The largest absolute Gasteiger partial charge is 0.508 e. The summed E-state index contributed by atoms with van der Waals surface area (Å²) in [5, 5.41) is 23.0. The Bertz CT molecular complexity index is 1340. The first-order valence-electron chi connectivity index (χ1n) is 26.3. The van der Waals surface area contributed by atoms with Crippen molar-refractivity contribution in [2.24, 2.45) is 0 Å². The molecule has 0 unspecified atom stereocenters. The van der Waals surface area contributed by atoms with Gasteiger partial charge in [-0.3, -0.25) is 0 Å². The molecule has 0 amide bonds. The van der Waals surface area contributed by atoms with Crippen LogP contribution < -0.4 is 0 Å². The molecule has 4 rings (SSSR count). The molecule has 0 saturated heterocycles. The lowest BCUT2D eigenvalue weighted by molar-refractivity contribution is 0.348. The van der Waals surface area contributed by atoms with Crippen LogP contribution in [-0.2, 0) is 29.1 Å². The summed E-state index contributed by atoms with van der Waals surface area (Å²) in [6.07, 6.45) is 48.2. The topological polar surface area (TPSA) is 40.5 Å². The van der Waals surface area contributed by atoms with Crippen LogP contribution in [0.25, 0.3) is 0 Å². The van der Waals surface area contributed by atoms with E-state index < -0.39 is 0 Å². The lowest BCUT2D eigenvalue weighted by Crippen LogP contribution is -2.26. The van der Waals surface area contributed by atoms with Crippen LogP contribution in [0, 0.1) is 0 Å². The van der Waals surface area contributed by atoms with E-state index in [-0.39, 0.29) is 16.2 Å². The van der Waals surface area contributed by atoms with E-state index >= 15 is 0 Å². The zero-order chi connectivity index (χ0) is 42.4. The molecule has 2 aliphatic rings. The summed E-state index contributed by atoms with van der Waals surface area (Å²) >= 11 is 0. The molecule has 2 aromatic carbocycles. The van der Waals surface area contributed by atoms with Crippen LogP contribution in [0.2, 0.25) is 0 Å². The molecule has 2 nitrogen and oxygen atoms in total. The quantitative estimate of drug-likeness (QED) is 0.0691. The summed E-state index contributed by atoms with van der Waals surface area (Å²) < 4.78 is 0. The number of hydrogen-bond acceptors (Lipinski definition) is 2. The van der Waals surface area contributed by atoms with E-state index in [0.29, 0.717) is 11.5 Å². The van der Waals surface area contributed by atoms with E-state index in [1.54, 1.807) is 0 Å². The Hall–Kier alpha value is -1.96. The second kappa shape index (κ2) is 26.5. The van der Waals surface area contributed by atoms with E-state index in [9.17, 15) is 10.2 Å². The average Bonchev–Trinajstić information content (AvgIpc) is 3.55. The highest BCUT2D eigenvalue weighted by Gasteiger charge is 2.56. The Kier molecular flexibility index (Phi) is 22.3. The number of aromatic hydroxyl groups is 2. The monoisotopic (exact) mass is 813 g/mol. The maximum Gasteiger partial charge on any atom is 0.119 e. The fraction of sp³-hybridized carbons (Fsp3) is 0.789. The number of benzene rings is 2. The van der Waals surface area contributed by atoms with Crippen LogP contribution in [0.4, 0.5) is 0 Å². The van der Waals surface area contributed by atoms with Crippen LogP contribution >= 0.6 is 0 Å². The van der Waals surface area contributed by atoms with Gasteiger partial charge >= 0.3 is 0 Å². The minimum Gasteiger partial charge on any atom is -0.508 e. The number of hydrogen-bond donors (Lipinski definition) is 2. The molecule has 336 valence electrons. The third kappa shape index (κ3) is 15.7. The zero-order valence-corrected chi connectivity index (χ0v) is 40.2. The molecule has 2 N–H and O–H groups in total. The van der Waals surface area contributed by atoms with Crippen LogP contribution in [0.3, 0.4) is 0 Å². The zero-order valence-electron chi connectivity index (χ0n) is 40.2. The normalized spacial score (nSPS) is 16.0. The van der Waals surface area contributed by atoms with Gasteiger partial charge in [0.05, 0.1) is 0 Å². The fourth-order valence-corrected chi connectivity index (χ4v) is 11.6. The number of rotatable bonds is 34. The molecule has 0 heterocycles. The molecule has 0 saturated carbocycles. The number of aryl methyl sites for hydroxylation is 2. The molecule has 2 aliphatic carbocycles. The van der Waals surface area contributed by atoms with Gasteiger partial charge in [0, 0.05) is 5.41 Å². The first-order chi connectivity index (χ1) is 28.6. The summed E-state index contributed by atoms with van der Waals surface area (Å²) in [6.45, 7) is 14.2. The molecule has 0 fully saturated rings. The van der Waals surface area contributed by atoms with Gasteiger partial charge in [-0.15, -0.1) is 0 Å². The summed E-state index contributed by atoms with van der Waals surface area (Å²) in [7, 11) is 0. The Morgan fingerprint density at radius 3 is 0.831 bits per heavy atom. The Morgan fingerprint density at radius 1 is 0.339 bits per heavy atom. The molecular formula is C57H96O2. The smallest absolute Gasteiger partial charge is 0.119 e. The van der Waals surface area contributed by atoms with E-state index in [2.05, 4.69) is 65.8 Å². The van der Waals surface area contributed by atoms with Gasteiger partial charge in [-0.2, -0.15) is 0 Å². The lowest BCUT2D eigenvalue weighted by Gasteiger charge is -2.30. The molecule has 2 aromatic rings. The highest BCUT2D eigenvalue weighted by molar-refractivity contribution is 5.63. The highest BCUT2D eigenvalue weighted by atomic mass is 16.3. The second-order valence-corrected chi connectivity index (χ2v) is 21.4. The van der Waals surface area contributed by atoms with Crippen molar-refractivity contribution in [3.63, 3.8) is 0 Å². The minimum atomic E-state index is -0.161. The Labute approximate surface area is 366 Å². The third-order valence-electron chi connectivity index (χ3n) is 15.0. The molecule has 0 aliphatic heterocycles. The van der Waals surface area contributed by atoms with Gasteiger partial charge in [-0.1, -0.05) is 246 Å². The minimum absolute atomic E-state index is 0.0198. The highest BCUT2D eigenvalue weighted by Crippen LogP contribution is 2.64. The number of fused-ring (bicyclic) bond motifs is 4. The number of phenolic OH excluding ortho intramolecular Hbond substituents is 2. The summed E-state index contributed by atoms with van der Waals surface area (Å²) in [4.78, 5) is 0. The van der Waals surface area contributed by atoms with E-state index in [4.69, 9.17) is 0 Å². The Balaban J connectivity index is 1.18. The van der Waals surface area contributed by atoms with Gasteiger partial charge in [0.1, 0.15) is 11.5 Å². The Morgan fingerprint density at radius 2 is 0.576 bits per heavy atom. The lowest BCUT2D eigenvalue weighted by atomic mass is 9.72. The maximum absolute atomic E-state index is 11.5. The van der Waals surface area contributed by atoms with Gasteiger partial charge in [-0.05, 0) is 94.9 Å². The number of unbranched alkanes of at least 4 members (excludes halogenated alkanes) is 30. The SMILES string of the molecule is CCCCCCCCCCCCCCCCCCc1cc2c(cc1O)C1(CC2(C)C)CC(C)(C)c2cc(CCCCCCCCCCCCCCCCCC)c(O)cc21. The maximum atomic E-state index is 11.5. The molecule has 0 radical (unpaired) electrons. The van der Waals surface area contributed by atoms with E-state index in [1.807, 2.05) is 0 Å². The van der Waals surface area contributed by atoms with Crippen molar-refractivity contribution in [3.05, 3.63) is 57.6 Å². The fourth-order valence-electron chi connectivity index (χ4n) is 11.6. The molecule has 1 spiro atoms. The molecule has 0 bridgehead atoms. The van der Waals surface area contributed by atoms with Crippen molar-refractivity contribution >= 4 is 0 Å². The molecule has 59 heavy (non-hydrogen) atoms. The van der Waals surface area contributed by atoms with Crippen molar-refractivity contribution in [3.8, 4) is 11.5 Å². The number of phenols is 2. The molecule has 0 atom stereocenters. The van der Waals surface area contributed by atoms with Crippen molar-refractivity contribution in [2.45, 2.75) is 289 Å². The van der Waals surface area contributed by atoms with Crippen molar-refractivity contribution in [1.29, 1.82) is 0 Å². The molecular weight excluding hydrogens is 717 g/mol. The summed E-state index contributed by atoms with van der Waals surface area (Å²) in [6, 6.07) is 9.05. The van der Waals surface area contributed by atoms with Crippen LogP contribution in [0.1, 0.15) is 293 Å².